The molecule has 2 aromatic carbocycles. The summed E-state index contributed by atoms with van der Waals surface area (Å²) in [5.74, 6) is 1.43. The molecule has 0 bridgehead atoms. The fourth-order valence-electron chi connectivity index (χ4n) is 2.49. The van der Waals surface area contributed by atoms with Crippen molar-refractivity contribution >= 4 is 34.0 Å². The number of aromatic nitrogens is 1. The molecule has 0 spiro atoms. The predicted molar refractivity (Wildman–Crippen MR) is 107 cm³/mol. The lowest BCUT2D eigenvalue weighted by Crippen LogP contribution is -2.13. The summed E-state index contributed by atoms with van der Waals surface area (Å²) in [6.07, 6.45) is 0. The molecule has 0 saturated heterocycles. The molecule has 0 saturated carbocycles. The van der Waals surface area contributed by atoms with E-state index < -0.39 is 0 Å². The van der Waals surface area contributed by atoms with Gasteiger partial charge in [-0.2, -0.15) is 0 Å². The van der Waals surface area contributed by atoms with E-state index >= 15 is 0 Å². The molecular weight excluding hydrogens is 388 g/mol. The summed E-state index contributed by atoms with van der Waals surface area (Å²) < 4.78 is 15.9. The predicted octanol–water partition coefficient (Wildman–Crippen LogP) is 4.74. The molecule has 140 valence electrons. The first-order chi connectivity index (χ1) is 13.0. The Morgan fingerprint density at radius 3 is 2.48 bits per heavy atom. The normalized spacial score (nSPS) is 10.4. The molecule has 27 heavy (non-hydrogen) atoms. The average Bonchev–Trinajstić information content (AvgIpc) is 3.15. The third kappa shape index (κ3) is 4.15. The summed E-state index contributed by atoms with van der Waals surface area (Å²) in [7, 11) is 4.68. The number of thiazole rings is 1. The number of benzene rings is 2. The van der Waals surface area contributed by atoms with E-state index in [9.17, 15) is 4.79 Å². The van der Waals surface area contributed by atoms with E-state index in [2.05, 4.69) is 10.3 Å². The number of carbonyl (C=O) groups is 1. The second kappa shape index (κ2) is 8.28. The first-order valence-electron chi connectivity index (χ1n) is 7.88. The van der Waals surface area contributed by atoms with Gasteiger partial charge in [-0.1, -0.05) is 11.6 Å². The van der Waals surface area contributed by atoms with Gasteiger partial charge < -0.3 is 14.2 Å². The Balaban J connectivity index is 1.87. The lowest BCUT2D eigenvalue weighted by molar-refractivity contribution is 0.102. The number of nitrogens with zero attached hydrogens (tertiary/aromatic N) is 1. The van der Waals surface area contributed by atoms with Crippen molar-refractivity contribution in [1.82, 2.24) is 4.98 Å². The zero-order valence-electron chi connectivity index (χ0n) is 14.9. The first kappa shape index (κ1) is 19.0. The highest BCUT2D eigenvalue weighted by Gasteiger charge is 2.16. The Hall–Kier alpha value is -2.77. The van der Waals surface area contributed by atoms with Gasteiger partial charge in [0.1, 0.15) is 17.2 Å². The quantitative estimate of drug-likeness (QED) is 0.642. The molecule has 8 heteroatoms. The van der Waals surface area contributed by atoms with Gasteiger partial charge in [0.2, 0.25) is 0 Å². The fourth-order valence-corrected chi connectivity index (χ4v) is 3.37. The molecule has 1 aromatic heterocycles. The van der Waals surface area contributed by atoms with Crippen molar-refractivity contribution in [1.29, 1.82) is 0 Å². The van der Waals surface area contributed by atoms with Crippen molar-refractivity contribution in [2.24, 2.45) is 0 Å². The second-order valence-electron chi connectivity index (χ2n) is 5.40. The molecule has 3 rings (SSSR count). The van der Waals surface area contributed by atoms with Crippen LogP contribution >= 0.6 is 22.9 Å². The zero-order chi connectivity index (χ0) is 19.4. The van der Waals surface area contributed by atoms with Gasteiger partial charge in [-0.25, -0.2) is 4.98 Å². The summed E-state index contributed by atoms with van der Waals surface area (Å²) in [4.78, 5) is 17.1. The minimum absolute atomic E-state index is 0.334. The van der Waals surface area contributed by atoms with E-state index in [-0.39, 0.29) is 5.91 Å². The van der Waals surface area contributed by atoms with Crippen LogP contribution in [0.5, 0.6) is 17.2 Å². The van der Waals surface area contributed by atoms with E-state index in [4.69, 9.17) is 25.8 Å². The minimum atomic E-state index is -0.354. The topological polar surface area (TPSA) is 69.7 Å². The zero-order valence-corrected chi connectivity index (χ0v) is 16.5. The summed E-state index contributed by atoms with van der Waals surface area (Å²) in [5.41, 5.74) is 1.78. The smallest absolute Gasteiger partial charge is 0.261 e. The van der Waals surface area contributed by atoms with Crippen LogP contribution in [0.25, 0.3) is 11.3 Å². The van der Waals surface area contributed by atoms with E-state index in [0.29, 0.717) is 38.7 Å². The molecular formula is C19H17ClN2O4S. The van der Waals surface area contributed by atoms with Crippen molar-refractivity contribution in [3.05, 3.63) is 52.4 Å². The lowest BCUT2D eigenvalue weighted by atomic mass is 10.1. The van der Waals surface area contributed by atoms with Crippen LogP contribution in [0.1, 0.15) is 10.4 Å². The number of carbonyl (C=O) groups excluding carboxylic acids is 1. The van der Waals surface area contributed by atoms with Gasteiger partial charge >= 0.3 is 0 Å². The maximum atomic E-state index is 12.6. The molecule has 1 amide bonds. The van der Waals surface area contributed by atoms with E-state index in [1.54, 1.807) is 32.4 Å². The van der Waals surface area contributed by atoms with Gasteiger partial charge in [-0.3, -0.25) is 10.1 Å². The van der Waals surface area contributed by atoms with E-state index in [1.807, 2.05) is 23.6 Å². The Labute approximate surface area is 165 Å². The Morgan fingerprint density at radius 2 is 1.78 bits per heavy atom. The van der Waals surface area contributed by atoms with Gasteiger partial charge in [-0.15, -0.1) is 11.3 Å². The van der Waals surface area contributed by atoms with E-state index in [0.717, 1.165) is 5.56 Å². The Kier molecular flexibility index (Phi) is 5.83. The fraction of sp³-hybridized carbons (Fsp3) is 0.158. The Bertz CT molecular complexity index is 974. The van der Waals surface area contributed by atoms with Crippen LogP contribution in [0.2, 0.25) is 5.02 Å². The number of nitrogens with one attached hydrogen (secondary N) is 1. The molecule has 0 fully saturated rings. The van der Waals surface area contributed by atoms with E-state index in [1.165, 1.54) is 18.4 Å². The number of ether oxygens (including phenoxy) is 3. The molecule has 0 aliphatic heterocycles. The van der Waals surface area contributed by atoms with Crippen molar-refractivity contribution in [3.8, 4) is 28.5 Å². The lowest BCUT2D eigenvalue weighted by Gasteiger charge is -2.09. The maximum absolute atomic E-state index is 12.6. The number of anilines is 1. The molecule has 0 aliphatic rings. The average molecular weight is 405 g/mol. The second-order valence-corrected chi connectivity index (χ2v) is 6.70. The van der Waals surface area contributed by atoms with Crippen LogP contribution in [0, 0.1) is 0 Å². The van der Waals surface area contributed by atoms with Gasteiger partial charge in [0.25, 0.3) is 5.91 Å². The summed E-state index contributed by atoms with van der Waals surface area (Å²) >= 11 is 7.30. The summed E-state index contributed by atoms with van der Waals surface area (Å²) in [6, 6.07) is 10.3. The number of halogens is 1. The minimum Gasteiger partial charge on any atom is -0.497 e. The number of hydrogen-bond acceptors (Lipinski definition) is 6. The number of amides is 1. The molecule has 0 aliphatic carbocycles. The largest absolute Gasteiger partial charge is 0.497 e. The van der Waals surface area contributed by atoms with Crippen molar-refractivity contribution in [2.75, 3.05) is 26.6 Å². The van der Waals surface area contributed by atoms with Crippen LogP contribution < -0.4 is 19.5 Å². The first-order valence-corrected chi connectivity index (χ1v) is 9.14. The third-order valence-corrected chi connectivity index (χ3v) is 4.81. The highest BCUT2D eigenvalue weighted by atomic mass is 35.5. The molecule has 0 radical (unpaired) electrons. The monoisotopic (exact) mass is 404 g/mol. The van der Waals surface area contributed by atoms with Crippen molar-refractivity contribution < 1.29 is 19.0 Å². The van der Waals surface area contributed by atoms with Crippen LogP contribution in [0.15, 0.2) is 41.8 Å². The van der Waals surface area contributed by atoms with Gasteiger partial charge in [0.05, 0.1) is 32.6 Å². The van der Waals surface area contributed by atoms with Crippen LogP contribution in [-0.2, 0) is 0 Å². The van der Waals surface area contributed by atoms with Crippen molar-refractivity contribution in [2.45, 2.75) is 0 Å². The standard InChI is InChI=1S/C19H17ClN2O4S/c1-24-12-5-7-16(25-2)13(9-12)15-10-27-19(21-15)22-18(23)14-8-11(20)4-6-17(14)26-3/h4-10H,1-3H3,(H,21,22,23). The number of methoxy groups -OCH3 is 3. The Morgan fingerprint density at radius 1 is 1.04 bits per heavy atom. The molecule has 1 N–H and O–H groups in total. The summed E-state index contributed by atoms with van der Waals surface area (Å²) in [6.45, 7) is 0. The SMILES string of the molecule is COc1ccc(OC)c(-c2csc(NC(=O)c3cc(Cl)ccc3OC)n2)c1. The summed E-state index contributed by atoms with van der Waals surface area (Å²) in [5, 5.41) is 5.50. The van der Waals surface area contributed by atoms with Gasteiger partial charge in [0.15, 0.2) is 5.13 Å². The third-order valence-electron chi connectivity index (χ3n) is 3.81. The molecule has 6 nitrogen and oxygen atoms in total. The molecule has 3 aromatic rings. The highest BCUT2D eigenvalue weighted by molar-refractivity contribution is 7.14. The van der Waals surface area contributed by atoms with Crippen molar-refractivity contribution in [3.63, 3.8) is 0 Å². The van der Waals surface area contributed by atoms with Crippen LogP contribution in [0.4, 0.5) is 5.13 Å². The molecule has 0 unspecified atom stereocenters. The number of rotatable bonds is 6. The highest BCUT2D eigenvalue weighted by Crippen LogP contribution is 2.35. The van der Waals surface area contributed by atoms with Gasteiger partial charge in [0, 0.05) is 16.0 Å². The molecule has 0 atom stereocenters. The maximum Gasteiger partial charge on any atom is 0.261 e. The number of hydrogen-bond donors (Lipinski definition) is 1. The van der Waals surface area contributed by atoms with Gasteiger partial charge in [-0.05, 0) is 36.4 Å². The molecule has 1 heterocycles. The van der Waals surface area contributed by atoms with Crippen LogP contribution in [-0.4, -0.2) is 32.2 Å². The van der Waals surface area contributed by atoms with Crippen LogP contribution in [0.3, 0.4) is 0 Å².